The number of allylic oxidation sites excluding steroid dienone is 13. The largest absolute Gasteiger partial charge is 0.356 e. The third-order valence-corrected chi connectivity index (χ3v) is 10.7. The molecule has 284 valence electrons. The molecule has 3 nitrogen and oxygen atoms in total. The maximum atomic E-state index is 4.41. The molecule has 8 rings (SSSR count). The molecule has 0 bridgehead atoms. The Balaban J connectivity index is 1.16. The first-order valence-electron chi connectivity index (χ1n) is 20.3. The highest BCUT2D eigenvalue weighted by Crippen LogP contribution is 2.40. The molecule has 0 saturated carbocycles. The van der Waals surface area contributed by atoms with Crippen molar-refractivity contribution in [2.45, 2.75) is 26.7 Å². The molecule has 58 heavy (non-hydrogen) atoms. The monoisotopic (exact) mass is 751 g/mol. The molecule has 1 aliphatic carbocycles. The van der Waals surface area contributed by atoms with Crippen molar-refractivity contribution in [2.75, 3.05) is 16.8 Å². The minimum absolute atomic E-state index is 0.720. The van der Waals surface area contributed by atoms with E-state index in [9.17, 15) is 0 Å². The van der Waals surface area contributed by atoms with E-state index in [4.69, 9.17) is 0 Å². The average molecular weight is 752 g/mol. The van der Waals surface area contributed by atoms with Gasteiger partial charge in [0.1, 0.15) is 0 Å². The predicted molar refractivity (Wildman–Crippen MR) is 253 cm³/mol. The number of hydrogen-bond donors (Lipinski definition) is 1. The minimum Gasteiger partial charge on any atom is -0.356 e. The first-order valence-corrected chi connectivity index (χ1v) is 20.3. The van der Waals surface area contributed by atoms with E-state index < -0.39 is 0 Å². The smallest absolute Gasteiger partial charge is 0.0619 e. The molecule has 1 heterocycles. The highest BCUT2D eigenvalue weighted by atomic mass is 15.1. The van der Waals surface area contributed by atoms with Crippen LogP contribution in [-0.4, -0.2) is 11.1 Å². The molecule has 0 saturated heterocycles. The van der Waals surface area contributed by atoms with E-state index in [1.54, 1.807) is 0 Å². The molecule has 0 radical (unpaired) electrons. The summed E-state index contributed by atoms with van der Waals surface area (Å²) in [6.45, 7) is 9.33. The Labute approximate surface area is 343 Å². The summed E-state index contributed by atoms with van der Waals surface area (Å²) in [4.78, 5) is 2.39. The van der Waals surface area contributed by atoms with Crippen molar-refractivity contribution in [3.63, 3.8) is 0 Å². The van der Waals surface area contributed by atoms with E-state index in [0.717, 1.165) is 59.0 Å². The van der Waals surface area contributed by atoms with Crippen LogP contribution in [0.3, 0.4) is 0 Å². The lowest BCUT2D eigenvalue weighted by Gasteiger charge is -2.24. The fourth-order valence-corrected chi connectivity index (χ4v) is 7.64. The van der Waals surface area contributed by atoms with E-state index in [0.29, 0.717) is 0 Å². The lowest BCUT2D eigenvalue weighted by molar-refractivity contribution is 1.10. The average Bonchev–Trinajstić information content (AvgIpc) is 3.38. The maximum Gasteiger partial charge on any atom is 0.0619 e. The Morgan fingerprint density at radius 3 is 2.33 bits per heavy atom. The summed E-state index contributed by atoms with van der Waals surface area (Å²) in [5.41, 5.74) is 12.3. The van der Waals surface area contributed by atoms with Crippen LogP contribution in [0.2, 0.25) is 0 Å². The van der Waals surface area contributed by atoms with Crippen LogP contribution in [-0.2, 0) is 0 Å². The molecule has 3 heteroatoms. The molecular formula is C55H49N3. The van der Waals surface area contributed by atoms with Crippen molar-refractivity contribution >= 4 is 60.8 Å². The van der Waals surface area contributed by atoms with E-state index in [1.165, 1.54) is 43.7 Å². The standard InChI is InChI=1S/C55H49N3/c1-4-6-7-10-18-39-57(48-32-26-42(27-33-48)41(3)25-31-46(5-2)56-47-22-14-11-15-23-47)50-36-38-54-53(40-50)52-37-30-45-21-16-17-24-51(45)55(52)58(54)49-34-28-44(29-35-49)43-19-12-8-9-13-20-43/h5-8,10-38,40,56H,3-4,9,39H2,1-2H3/b7-6-,18-10-,31-25-,46-5+. The molecule has 1 N–H and O–H groups in total. The van der Waals surface area contributed by atoms with Crippen molar-refractivity contribution in [3.8, 4) is 5.69 Å². The summed E-state index contributed by atoms with van der Waals surface area (Å²) in [6.07, 6.45) is 27.9. The number of rotatable bonds is 13. The van der Waals surface area contributed by atoms with Crippen molar-refractivity contribution in [1.29, 1.82) is 0 Å². The number of hydrogen-bond acceptors (Lipinski definition) is 2. The third kappa shape index (κ3) is 8.21. The van der Waals surface area contributed by atoms with Crippen molar-refractivity contribution < 1.29 is 0 Å². The molecule has 0 fully saturated rings. The summed E-state index contributed by atoms with van der Waals surface area (Å²) >= 11 is 0. The molecule has 0 unspecified atom stereocenters. The normalized spacial score (nSPS) is 13.3. The van der Waals surface area contributed by atoms with Gasteiger partial charge in [0.2, 0.25) is 0 Å². The van der Waals surface area contributed by atoms with Gasteiger partial charge in [-0.3, -0.25) is 0 Å². The van der Waals surface area contributed by atoms with Crippen LogP contribution in [0, 0.1) is 0 Å². The second-order valence-corrected chi connectivity index (χ2v) is 14.5. The lowest BCUT2D eigenvalue weighted by Crippen LogP contribution is -2.16. The summed E-state index contributed by atoms with van der Waals surface area (Å²) in [7, 11) is 0. The zero-order chi connectivity index (χ0) is 39.7. The third-order valence-electron chi connectivity index (χ3n) is 10.7. The quantitative estimate of drug-likeness (QED) is 0.118. The second kappa shape index (κ2) is 17.8. The van der Waals surface area contributed by atoms with Gasteiger partial charge in [-0.25, -0.2) is 0 Å². The number of aromatic nitrogens is 1. The molecule has 1 aliphatic rings. The van der Waals surface area contributed by atoms with Gasteiger partial charge in [-0.15, -0.1) is 0 Å². The number of anilines is 3. The van der Waals surface area contributed by atoms with Gasteiger partial charge in [-0.1, -0.05) is 159 Å². The molecule has 0 atom stereocenters. The van der Waals surface area contributed by atoms with Gasteiger partial charge < -0.3 is 14.8 Å². The van der Waals surface area contributed by atoms with Gasteiger partial charge in [-0.2, -0.15) is 0 Å². The van der Waals surface area contributed by atoms with Crippen LogP contribution >= 0.6 is 0 Å². The van der Waals surface area contributed by atoms with Gasteiger partial charge in [0, 0.05) is 51.2 Å². The molecule has 0 aliphatic heterocycles. The topological polar surface area (TPSA) is 20.2 Å². The number of fused-ring (bicyclic) bond motifs is 5. The molecular weight excluding hydrogens is 703 g/mol. The van der Waals surface area contributed by atoms with Crippen LogP contribution in [0.4, 0.5) is 17.1 Å². The summed E-state index contributed by atoms with van der Waals surface area (Å²) in [5, 5.41) is 8.41. The van der Waals surface area contributed by atoms with Crippen molar-refractivity contribution in [3.05, 3.63) is 230 Å². The van der Waals surface area contributed by atoms with Crippen LogP contribution in [0.1, 0.15) is 37.8 Å². The number of para-hydroxylation sites is 1. The molecule has 0 amide bonds. The lowest BCUT2D eigenvalue weighted by atomic mass is 10.0. The van der Waals surface area contributed by atoms with Crippen LogP contribution < -0.4 is 10.2 Å². The molecule has 7 aromatic rings. The predicted octanol–water partition coefficient (Wildman–Crippen LogP) is 15.1. The Bertz CT molecular complexity index is 2780. The van der Waals surface area contributed by atoms with Crippen molar-refractivity contribution in [1.82, 2.24) is 4.57 Å². The van der Waals surface area contributed by atoms with Gasteiger partial charge in [0.25, 0.3) is 0 Å². The van der Waals surface area contributed by atoms with Gasteiger partial charge >= 0.3 is 0 Å². The fraction of sp³-hybridized carbons (Fsp3) is 0.0909. The highest BCUT2D eigenvalue weighted by molar-refractivity contribution is 6.19. The SMILES string of the molecule is C=C(/C=C\C(=C/C)Nc1ccccc1)c1ccc(N(C/C=C\C=C/CC)c2ccc3c(c2)c2ccc4ccccc4c2n3-c2ccc(C3=CC=CCC=C3)cc2)cc1. The zero-order valence-electron chi connectivity index (χ0n) is 33.4. The van der Waals surface area contributed by atoms with E-state index in [1.807, 2.05) is 25.1 Å². The Hall–Kier alpha value is -7.10. The second-order valence-electron chi connectivity index (χ2n) is 14.5. The van der Waals surface area contributed by atoms with Gasteiger partial charge in [0.05, 0.1) is 11.0 Å². The van der Waals surface area contributed by atoms with E-state index in [2.05, 4.69) is 216 Å². The van der Waals surface area contributed by atoms with Crippen LogP contribution in [0.25, 0.3) is 49.4 Å². The first-order chi connectivity index (χ1) is 28.6. The first kappa shape index (κ1) is 37.8. The van der Waals surface area contributed by atoms with Crippen LogP contribution in [0.5, 0.6) is 0 Å². The highest BCUT2D eigenvalue weighted by Gasteiger charge is 2.18. The zero-order valence-corrected chi connectivity index (χ0v) is 33.4. The molecule has 1 aromatic heterocycles. The summed E-state index contributed by atoms with van der Waals surface area (Å²) < 4.78 is 2.44. The summed E-state index contributed by atoms with van der Waals surface area (Å²) in [5.74, 6) is 0. The molecule has 0 spiro atoms. The maximum absolute atomic E-state index is 4.41. The minimum atomic E-state index is 0.720. The Morgan fingerprint density at radius 2 is 1.52 bits per heavy atom. The van der Waals surface area contributed by atoms with Gasteiger partial charge in [-0.05, 0) is 108 Å². The van der Waals surface area contributed by atoms with E-state index >= 15 is 0 Å². The Kier molecular flexibility index (Phi) is 11.6. The molecule has 6 aromatic carbocycles. The van der Waals surface area contributed by atoms with Gasteiger partial charge in [0.15, 0.2) is 0 Å². The fourth-order valence-electron chi connectivity index (χ4n) is 7.64. The van der Waals surface area contributed by atoms with Crippen molar-refractivity contribution in [2.24, 2.45) is 0 Å². The Morgan fingerprint density at radius 1 is 0.741 bits per heavy atom. The number of nitrogens with one attached hydrogen (secondary N) is 1. The van der Waals surface area contributed by atoms with Crippen LogP contribution in [0.15, 0.2) is 219 Å². The summed E-state index contributed by atoms with van der Waals surface area (Å²) in [6, 6.07) is 48.2. The number of benzene rings is 6. The van der Waals surface area contributed by atoms with E-state index in [-0.39, 0.29) is 0 Å². The number of nitrogens with zero attached hydrogens (tertiary/aromatic N) is 2.